The maximum absolute atomic E-state index is 7.04. The predicted octanol–water partition coefficient (Wildman–Crippen LogP) is 12.6. The lowest BCUT2D eigenvalue weighted by molar-refractivity contribution is 0.153. The molecule has 1 aliphatic carbocycles. The summed E-state index contributed by atoms with van der Waals surface area (Å²) in [6.07, 6.45) is 6.68. The van der Waals surface area contributed by atoms with Crippen LogP contribution in [0.5, 0.6) is 11.5 Å². The Balaban J connectivity index is 1.28. The molecule has 0 saturated heterocycles. The van der Waals surface area contributed by atoms with E-state index < -0.39 is 0 Å². The summed E-state index contributed by atoms with van der Waals surface area (Å²) in [5, 5.41) is 0. The van der Waals surface area contributed by atoms with Gasteiger partial charge in [-0.25, -0.2) is 9.98 Å². The SMILES string of the molecule is Cc1cc(C)c(-c2cc(Oc3cc4c(cc3C)C(C)(C)c3cc(C)ccc3N4c3cc(C(C)(C)C)ccn3)cc(C3=N[C@@H]4CCCC[C@@H]4O3)c2)c(C)c1. The third kappa shape index (κ3) is 6.32. The molecule has 1 aromatic heterocycles. The van der Waals surface area contributed by atoms with Crippen LogP contribution in [-0.4, -0.2) is 23.0 Å². The van der Waals surface area contributed by atoms with Gasteiger partial charge < -0.3 is 9.47 Å². The Kier molecular flexibility index (Phi) is 8.55. The van der Waals surface area contributed by atoms with Gasteiger partial charge in [0.1, 0.15) is 23.4 Å². The fraction of sp³-hybridized carbons (Fsp3) is 0.375. The van der Waals surface area contributed by atoms with Crippen LogP contribution < -0.4 is 9.64 Å². The molecule has 0 spiro atoms. The standard InChI is InChI=1S/C48H53N3O2/c1-28-15-16-40-37(21-28)48(9,10)38-22-30(3)43(27-41(38)51(40)44-26-35(17-18-49-44)47(6,7)8)52-36-24-33(45-31(4)19-29(2)20-32(45)5)23-34(25-36)46-50-39-13-11-12-14-42(39)53-46/h15-27,39,42H,11-14H2,1-10H3/t39-,42+/m1/s1. The highest BCUT2D eigenvalue weighted by atomic mass is 16.5. The molecule has 5 heteroatoms. The minimum Gasteiger partial charge on any atom is -0.472 e. The maximum Gasteiger partial charge on any atom is 0.216 e. The summed E-state index contributed by atoms with van der Waals surface area (Å²) in [7, 11) is 0. The monoisotopic (exact) mass is 703 g/mol. The maximum atomic E-state index is 7.04. The zero-order valence-corrected chi connectivity index (χ0v) is 33.1. The van der Waals surface area contributed by atoms with E-state index >= 15 is 0 Å². The number of rotatable bonds is 5. The lowest BCUT2D eigenvalue weighted by Crippen LogP contribution is -2.31. The lowest BCUT2D eigenvalue weighted by atomic mass is 9.72. The van der Waals surface area contributed by atoms with Crippen molar-refractivity contribution in [2.75, 3.05) is 4.90 Å². The molecule has 2 atom stereocenters. The van der Waals surface area contributed by atoms with Crippen LogP contribution in [0.3, 0.4) is 0 Å². The number of hydrogen-bond acceptors (Lipinski definition) is 5. The van der Waals surface area contributed by atoms with Crippen molar-refractivity contribution in [2.45, 2.75) is 118 Å². The quantitative estimate of drug-likeness (QED) is 0.183. The van der Waals surface area contributed by atoms with Crippen molar-refractivity contribution in [3.8, 4) is 22.6 Å². The number of pyridine rings is 1. The van der Waals surface area contributed by atoms with E-state index in [2.05, 4.69) is 147 Å². The molecular formula is C48H53N3O2. The topological polar surface area (TPSA) is 47.0 Å². The number of benzene rings is 4. The highest BCUT2D eigenvalue weighted by Crippen LogP contribution is 2.54. The fourth-order valence-electron chi connectivity index (χ4n) is 8.86. The molecule has 0 amide bonds. The lowest BCUT2D eigenvalue weighted by Gasteiger charge is -2.42. The van der Waals surface area contributed by atoms with Gasteiger partial charge in [0.2, 0.25) is 5.90 Å². The number of aryl methyl sites for hydroxylation is 5. The van der Waals surface area contributed by atoms with Crippen molar-refractivity contribution in [3.63, 3.8) is 0 Å². The number of fused-ring (bicyclic) bond motifs is 3. The number of ether oxygens (including phenoxy) is 2. The molecule has 5 aromatic rings. The molecule has 0 bridgehead atoms. The van der Waals surface area contributed by atoms with Gasteiger partial charge in [-0.05, 0) is 146 Å². The number of aromatic nitrogens is 1. The number of aliphatic imine (C=N–C) groups is 1. The normalized spacial score (nSPS) is 18.8. The molecule has 272 valence electrons. The van der Waals surface area contributed by atoms with Crippen LogP contribution in [0.25, 0.3) is 11.1 Å². The average Bonchev–Trinajstić information content (AvgIpc) is 3.54. The van der Waals surface area contributed by atoms with E-state index in [0.29, 0.717) is 0 Å². The van der Waals surface area contributed by atoms with E-state index in [0.717, 1.165) is 64.1 Å². The van der Waals surface area contributed by atoms with Crippen molar-refractivity contribution < 1.29 is 9.47 Å². The molecule has 3 heterocycles. The Morgan fingerprint density at radius 2 is 1.45 bits per heavy atom. The second-order valence-electron chi connectivity index (χ2n) is 17.3. The second kappa shape index (κ2) is 12.9. The summed E-state index contributed by atoms with van der Waals surface area (Å²) >= 11 is 0. The van der Waals surface area contributed by atoms with E-state index in [1.807, 2.05) is 6.20 Å². The van der Waals surface area contributed by atoms with Gasteiger partial charge in [-0.3, -0.25) is 4.90 Å². The smallest absolute Gasteiger partial charge is 0.216 e. The van der Waals surface area contributed by atoms with Gasteiger partial charge in [-0.15, -0.1) is 0 Å². The van der Waals surface area contributed by atoms with Crippen LogP contribution in [0, 0.1) is 34.6 Å². The van der Waals surface area contributed by atoms with Crippen LogP contribution in [0.15, 0.2) is 84.0 Å². The molecule has 1 fully saturated rings. The number of hydrogen-bond donors (Lipinski definition) is 0. The zero-order valence-electron chi connectivity index (χ0n) is 33.1. The molecule has 4 aromatic carbocycles. The van der Waals surface area contributed by atoms with Gasteiger partial charge in [0, 0.05) is 23.2 Å². The van der Waals surface area contributed by atoms with Crippen molar-refractivity contribution in [1.29, 1.82) is 0 Å². The first-order valence-electron chi connectivity index (χ1n) is 19.4. The Labute approximate surface area is 316 Å². The molecule has 5 nitrogen and oxygen atoms in total. The third-order valence-corrected chi connectivity index (χ3v) is 11.7. The Morgan fingerprint density at radius 3 is 2.19 bits per heavy atom. The summed E-state index contributed by atoms with van der Waals surface area (Å²) in [4.78, 5) is 12.5. The molecule has 53 heavy (non-hydrogen) atoms. The number of nitrogens with zero attached hydrogens (tertiary/aromatic N) is 3. The molecule has 2 aliphatic heterocycles. The van der Waals surface area contributed by atoms with Crippen LogP contribution in [0.4, 0.5) is 17.2 Å². The third-order valence-electron chi connectivity index (χ3n) is 11.7. The van der Waals surface area contributed by atoms with E-state index in [1.165, 1.54) is 57.3 Å². The van der Waals surface area contributed by atoms with Crippen LogP contribution >= 0.6 is 0 Å². The Hall–Kier alpha value is -4.90. The average molecular weight is 704 g/mol. The summed E-state index contributed by atoms with van der Waals surface area (Å²) in [6, 6.07) is 27.0. The van der Waals surface area contributed by atoms with E-state index in [1.54, 1.807) is 0 Å². The largest absolute Gasteiger partial charge is 0.472 e. The van der Waals surface area contributed by atoms with Crippen molar-refractivity contribution in [3.05, 3.63) is 129 Å². The van der Waals surface area contributed by atoms with Crippen molar-refractivity contribution in [1.82, 2.24) is 4.98 Å². The van der Waals surface area contributed by atoms with E-state index in [-0.39, 0.29) is 23.0 Å². The minimum absolute atomic E-state index is 0.0186. The van der Waals surface area contributed by atoms with Gasteiger partial charge >= 0.3 is 0 Å². The molecule has 0 radical (unpaired) electrons. The molecule has 0 N–H and O–H groups in total. The highest BCUT2D eigenvalue weighted by Gasteiger charge is 2.39. The van der Waals surface area contributed by atoms with Gasteiger partial charge in [0.05, 0.1) is 17.4 Å². The Bertz CT molecular complexity index is 2270. The molecule has 1 saturated carbocycles. The van der Waals surface area contributed by atoms with Gasteiger partial charge in [0.25, 0.3) is 0 Å². The fourth-order valence-corrected chi connectivity index (χ4v) is 8.86. The zero-order chi connectivity index (χ0) is 37.4. The minimum atomic E-state index is -0.236. The molecule has 3 aliphatic rings. The molecule has 0 unspecified atom stereocenters. The van der Waals surface area contributed by atoms with Gasteiger partial charge in [-0.2, -0.15) is 0 Å². The first-order chi connectivity index (χ1) is 25.2. The van der Waals surface area contributed by atoms with Gasteiger partial charge in [0.15, 0.2) is 0 Å². The van der Waals surface area contributed by atoms with E-state index in [4.69, 9.17) is 19.5 Å². The summed E-state index contributed by atoms with van der Waals surface area (Å²) in [5.74, 6) is 3.23. The van der Waals surface area contributed by atoms with E-state index in [9.17, 15) is 0 Å². The number of anilines is 3. The summed E-state index contributed by atoms with van der Waals surface area (Å²) in [6.45, 7) is 22.3. The first kappa shape index (κ1) is 35.1. The van der Waals surface area contributed by atoms with Crippen molar-refractivity contribution >= 4 is 23.1 Å². The van der Waals surface area contributed by atoms with Gasteiger partial charge in [-0.1, -0.05) is 76.4 Å². The van der Waals surface area contributed by atoms with Crippen LogP contribution in [0.1, 0.15) is 110 Å². The van der Waals surface area contributed by atoms with Crippen LogP contribution in [0.2, 0.25) is 0 Å². The highest BCUT2D eigenvalue weighted by molar-refractivity contribution is 5.97. The molecule has 8 rings (SSSR count). The molecular weight excluding hydrogens is 651 g/mol. The summed E-state index contributed by atoms with van der Waals surface area (Å²) in [5.41, 5.74) is 15.2. The predicted molar refractivity (Wildman–Crippen MR) is 219 cm³/mol. The Morgan fingerprint density at radius 1 is 0.736 bits per heavy atom. The van der Waals surface area contributed by atoms with Crippen LogP contribution in [-0.2, 0) is 15.6 Å². The van der Waals surface area contributed by atoms with Crippen molar-refractivity contribution in [2.24, 2.45) is 4.99 Å². The first-order valence-corrected chi connectivity index (χ1v) is 19.4. The second-order valence-corrected chi connectivity index (χ2v) is 17.3. The summed E-state index contributed by atoms with van der Waals surface area (Å²) < 4.78 is 13.6.